The highest BCUT2D eigenvalue weighted by Crippen LogP contribution is 2.39. The van der Waals surface area contributed by atoms with Gasteiger partial charge in [0.15, 0.2) is 0 Å². The third-order valence-electron chi connectivity index (χ3n) is 4.65. The third kappa shape index (κ3) is 2.65. The van der Waals surface area contributed by atoms with Crippen LogP contribution in [0.25, 0.3) is 0 Å². The normalized spacial score (nSPS) is 23.4. The lowest BCUT2D eigenvalue weighted by molar-refractivity contribution is 0.0878. The molecule has 1 saturated carbocycles. The average Bonchev–Trinajstić information content (AvgIpc) is 2.70. The minimum absolute atomic E-state index is 0.178. The zero-order chi connectivity index (χ0) is 12.4. The first-order chi connectivity index (χ1) is 8.84. The molecule has 0 aromatic carbocycles. The maximum absolute atomic E-state index is 10.6. The molecule has 1 heterocycles. The van der Waals surface area contributed by atoms with E-state index in [1.54, 1.807) is 10.4 Å². The van der Waals surface area contributed by atoms with Crippen molar-refractivity contribution < 1.29 is 5.11 Å². The SMILES string of the molecule is OC(c1cc2c(s1)CCCCC2)C1CCCCC1. The van der Waals surface area contributed by atoms with Gasteiger partial charge in [-0.3, -0.25) is 0 Å². The first kappa shape index (κ1) is 12.7. The molecular formula is C16H24OS. The number of aliphatic hydroxyl groups is 1. The van der Waals surface area contributed by atoms with Gasteiger partial charge in [-0.05, 0) is 56.1 Å². The van der Waals surface area contributed by atoms with Gasteiger partial charge in [0, 0.05) is 9.75 Å². The maximum Gasteiger partial charge on any atom is 0.0910 e. The Morgan fingerprint density at radius 3 is 2.56 bits per heavy atom. The van der Waals surface area contributed by atoms with Gasteiger partial charge in [0.25, 0.3) is 0 Å². The summed E-state index contributed by atoms with van der Waals surface area (Å²) in [5.41, 5.74) is 1.54. The lowest BCUT2D eigenvalue weighted by atomic mass is 9.84. The second-order valence-electron chi connectivity index (χ2n) is 6.00. The van der Waals surface area contributed by atoms with E-state index in [0.717, 1.165) is 0 Å². The molecule has 0 radical (unpaired) electrons. The predicted octanol–water partition coefficient (Wildman–Crippen LogP) is 4.63. The largest absolute Gasteiger partial charge is 0.387 e. The molecule has 0 bridgehead atoms. The lowest BCUT2D eigenvalue weighted by Gasteiger charge is -2.25. The Balaban J connectivity index is 1.75. The molecule has 0 amide bonds. The van der Waals surface area contributed by atoms with Crippen molar-refractivity contribution in [1.29, 1.82) is 0 Å². The fraction of sp³-hybridized carbons (Fsp3) is 0.750. The quantitative estimate of drug-likeness (QED) is 0.772. The van der Waals surface area contributed by atoms with Crippen LogP contribution in [-0.4, -0.2) is 5.11 Å². The standard InChI is InChI=1S/C16H24OS/c17-16(12-7-3-1-4-8-12)15-11-13-9-5-2-6-10-14(13)18-15/h11-12,16-17H,1-10H2. The summed E-state index contributed by atoms with van der Waals surface area (Å²) in [4.78, 5) is 2.83. The van der Waals surface area contributed by atoms with Gasteiger partial charge in [-0.25, -0.2) is 0 Å². The molecule has 0 aliphatic heterocycles. The first-order valence-corrected chi connectivity index (χ1v) is 8.46. The van der Waals surface area contributed by atoms with Crippen LogP contribution in [0.3, 0.4) is 0 Å². The molecule has 0 spiro atoms. The number of aliphatic hydroxyl groups excluding tert-OH is 1. The van der Waals surface area contributed by atoms with Gasteiger partial charge in [0.2, 0.25) is 0 Å². The van der Waals surface area contributed by atoms with Crippen LogP contribution >= 0.6 is 11.3 Å². The van der Waals surface area contributed by atoms with Crippen molar-refractivity contribution in [1.82, 2.24) is 0 Å². The summed E-state index contributed by atoms with van der Waals surface area (Å²) in [7, 11) is 0. The van der Waals surface area contributed by atoms with Crippen LogP contribution in [0.5, 0.6) is 0 Å². The smallest absolute Gasteiger partial charge is 0.0910 e. The van der Waals surface area contributed by atoms with E-state index >= 15 is 0 Å². The summed E-state index contributed by atoms with van der Waals surface area (Å²) in [5, 5.41) is 10.6. The van der Waals surface area contributed by atoms with Crippen molar-refractivity contribution in [3.05, 3.63) is 21.4 Å². The van der Waals surface area contributed by atoms with Crippen LogP contribution in [0.15, 0.2) is 6.07 Å². The summed E-state index contributed by atoms with van der Waals surface area (Å²) in [6.45, 7) is 0. The highest BCUT2D eigenvalue weighted by atomic mass is 32.1. The highest BCUT2D eigenvalue weighted by Gasteiger charge is 2.25. The van der Waals surface area contributed by atoms with E-state index in [4.69, 9.17) is 0 Å². The molecule has 3 rings (SSSR count). The number of aryl methyl sites for hydroxylation is 2. The van der Waals surface area contributed by atoms with E-state index in [1.165, 1.54) is 69.1 Å². The monoisotopic (exact) mass is 264 g/mol. The van der Waals surface area contributed by atoms with Crippen molar-refractivity contribution >= 4 is 11.3 Å². The number of fused-ring (bicyclic) bond motifs is 1. The molecule has 2 aliphatic carbocycles. The minimum atomic E-state index is -0.178. The Labute approximate surface area is 114 Å². The zero-order valence-electron chi connectivity index (χ0n) is 11.2. The van der Waals surface area contributed by atoms with E-state index in [-0.39, 0.29) is 6.10 Å². The summed E-state index contributed by atoms with van der Waals surface area (Å²) < 4.78 is 0. The molecule has 2 aliphatic rings. The minimum Gasteiger partial charge on any atom is -0.387 e. The van der Waals surface area contributed by atoms with Gasteiger partial charge in [-0.1, -0.05) is 25.7 Å². The van der Waals surface area contributed by atoms with Gasteiger partial charge in [-0.2, -0.15) is 0 Å². The lowest BCUT2D eigenvalue weighted by Crippen LogP contribution is -2.14. The Kier molecular flexibility index (Phi) is 4.05. The molecular weight excluding hydrogens is 240 g/mol. The van der Waals surface area contributed by atoms with E-state index in [9.17, 15) is 5.11 Å². The van der Waals surface area contributed by atoms with E-state index in [1.807, 2.05) is 11.3 Å². The molecule has 100 valence electrons. The summed E-state index contributed by atoms with van der Waals surface area (Å²) in [6.07, 6.45) is 12.8. The Hall–Kier alpha value is -0.340. The number of rotatable bonds is 2. The topological polar surface area (TPSA) is 20.2 Å². The van der Waals surface area contributed by atoms with Crippen molar-refractivity contribution in [2.45, 2.75) is 70.3 Å². The van der Waals surface area contributed by atoms with Crippen LogP contribution in [0.4, 0.5) is 0 Å². The van der Waals surface area contributed by atoms with Gasteiger partial charge >= 0.3 is 0 Å². The van der Waals surface area contributed by atoms with E-state index in [2.05, 4.69) is 6.07 Å². The fourth-order valence-corrected chi connectivity index (χ4v) is 4.86. The molecule has 18 heavy (non-hydrogen) atoms. The molecule has 1 atom stereocenters. The molecule has 1 nitrogen and oxygen atoms in total. The Bertz CT molecular complexity index is 366. The van der Waals surface area contributed by atoms with Gasteiger partial charge in [-0.15, -0.1) is 11.3 Å². The van der Waals surface area contributed by atoms with E-state index < -0.39 is 0 Å². The fourth-order valence-electron chi connectivity index (χ4n) is 3.52. The molecule has 1 fully saturated rings. The van der Waals surface area contributed by atoms with Crippen molar-refractivity contribution in [3.8, 4) is 0 Å². The molecule has 1 aromatic heterocycles. The number of hydrogen-bond donors (Lipinski definition) is 1. The van der Waals surface area contributed by atoms with Crippen molar-refractivity contribution in [2.24, 2.45) is 5.92 Å². The third-order valence-corrected chi connectivity index (χ3v) is 5.96. The van der Waals surface area contributed by atoms with Crippen molar-refractivity contribution in [3.63, 3.8) is 0 Å². The summed E-state index contributed by atoms with van der Waals surface area (Å²) in [5.74, 6) is 0.529. The highest BCUT2D eigenvalue weighted by molar-refractivity contribution is 7.12. The molecule has 2 heteroatoms. The van der Waals surface area contributed by atoms with Crippen LogP contribution in [-0.2, 0) is 12.8 Å². The maximum atomic E-state index is 10.6. The zero-order valence-corrected chi connectivity index (χ0v) is 12.0. The van der Waals surface area contributed by atoms with Gasteiger partial charge in [0.05, 0.1) is 6.10 Å². The van der Waals surface area contributed by atoms with Crippen LogP contribution in [0.2, 0.25) is 0 Å². The van der Waals surface area contributed by atoms with Gasteiger partial charge < -0.3 is 5.11 Å². The number of hydrogen-bond acceptors (Lipinski definition) is 2. The second-order valence-corrected chi connectivity index (χ2v) is 7.17. The van der Waals surface area contributed by atoms with Gasteiger partial charge in [0.1, 0.15) is 0 Å². The van der Waals surface area contributed by atoms with Crippen molar-refractivity contribution in [2.75, 3.05) is 0 Å². The number of thiophene rings is 1. The first-order valence-electron chi connectivity index (χ1n) is 7.64. The Morgan fingerprint density at radius 1 is 1.00 bits per heavy atom. The van der Waals surface area contributed by atoms with Crippen LogP contribution in [0, 0.1) is 5.92 Å². The predicted molar refractivity (Wildman–Crippen MR) is 77.1 cm³/mol. The van der Waals surface area contributed by atoms with E-state index in [0.29, 0.717) is 5.92 Å². The molecule has 0 saturated heterocycles. The molecule has 1 N–H and O–H groups in total. The molecule has 1 aromatic rings. The Morgan fingerprint density at radius 2 is 1.72 bits per heavy atom. The average molecular weight is 264 g/mol. The van der Waals surface area contributed by atoms with Crippen LogP contribution < -0.4 is 0 Å². The summed E-state index contributed by atoms with van der Waals surface area (Å²) in [6, 6.07) is 2.32. The van der Waals surface area contributed by atoms with Crippen LogP contribution in [0.1, 0.15) is 72.8 Å². The second kappa shape index (κ2) is 5.75. The summed E-state index contributed by atoms with van der Waals surface area (Å²) >= 11 is 1.90. The molecule has 1 unspecified atom stereocenters.